The molecule has 0 bridgehead atoms. The zero-order chi connectivity index (χ0) is 24.9. The molecule has 3 rings (SSSR count). The van der Waals surface area contributed by atoms with Crippen LogP contribution in [0, 0.1) is 5.92 Å². The number of hydrogen-bond donors (Lipinski definition) is 0. The standard InChI is InChI=1S/C31H36O4/c1-24(33-2)11-7-8-12-26(21-25-17-19-28(20-18-25)31(32)34-3)22-35-23-29-15-9-10-16-30(29)27-13-5-4-6-14-27/h4-6,9-10,13-20,26H,1,7-8,11-12,21-23H2,2-3H3. The zero-order valence-corrected chi connectivity index (χ0v) is 20.9. The molecule has 184 valence electrons. The molecule has 0 spiro atoms. The van der Waals surface area contributed by atoms with E-state index in [1.54, 1.807) is 7.11 Å². The molecule has 0 saturated heterocycles. The van der Waals surface area contributed by atoms with E-state index in [-0.39, 0.29) is 5.97 Å². The van der Waals surface area contributed by atoms with Crippen molar-refractivity contribution in [3.8, 4) is 11.1 Å². The number of rotatable bonds is 14. The molecule has 3 aromatic rings. The lowest BCUT2D eigenvalue weighted by Gasteiger charge is -2.19. The van der Waals surface area contributed by atoms with E-state index in [1.165, 1.54) is 29.4 Å². The average Bonchev–Trinajstić information content (AvgIpc) is 2.91. The number of esters is 1. The number of unbranched alkanes of at least 4 members (excludes halogenated alkanes) is 1. The summed E-state index contributed by atoms with van der Waals surface area (Å²) in [5.74, 6) is 0.888. The summed E-state index contributed by atoms with van der Waals surface area (Å²) in [7, 11) is 3.07. The fraction of sp³-hybridized carbons (Fsp3) is 0.323. The van der Waals surface area contributed by atoms with Crippen LogP contribution in [0.1, 0.15) is 47.2 Å². The van der Waals surface area contributed by atoms with Crippen LogP contribution in [0.25, 0.3) is 11.1 Å². The summed E-state index contributed by atoms with van der Waals surface area (Å²) >= 11 is 0. The van der Waals surface area contributed by atoms with Gasteiger partial charge in [0.25, 0.3) is 0 Å². The molecule has 0 radical (unpaired) electrons. The van der Waals surface area contributed by atoms with Crippen molar-refractivity contribution in [2.45, 2.75) is 38.7 Å². The molecule has 0 N–H and O–H groups in total. The third kappa shape index (κ3) is 8.41. The monoisotopic (exact) mass is 472 g/mol. The highest BCUT2D eigenvalue weighted by molar-refractivity contribution is 5.89. The van der Waals surface area contributed by atoms with Gasteiger partial charge in [0.15, 0.2) is 0 Å². The van der Waals surface area contributed by atoms with Gasteiger partial charge in [0.1, 0.15) is 0 Å². The summed E-state index contributed by atoms with van der Waals surface area (Å²) in [6.45, 7) is 5.17. The number of hydrogen-bond acceptors (Lipinski definition) is 4. The molecule has 0 saturated carbocycles. The minimum Gasteiger partial charge on any atom is -0.502 e. The van der Waals surface area contributed by atoms with Crippen molar-refractivity contribution < 1.29 is 19.0 Å². The van der Waals surface area contributed by atoms with Gasteiger partial charge in [-0.3, -0.25) is 0 Å². The molecule has 1 atom stereocenters. The fourth-order valence-electron chi connectivity index (χ4n) is 4.21. The molecule has 0 aromatic heterocycles. The SMILES string of the molecule is C=C(CCCCC(COCc1ccccc1-c1ccccc1)Cc1ccc(C(=O)OC)cc1)OC. The molecule has 0 amide bonds. The molecule has 0 heterocycles. The Kier molecular flexibility index (Phi) is 10.6. The minimum absolute atomic E-state index is 0.313. The van der Waals surface area contributed by atoms with Gasteiger partial charge in [0.05, 0.1) is 38.8 Å². The molecule has 4 heteroatoms. The maximum atomic E-state index is 11.7. The van der Waals surface area contributed by atoms with E-state index in [9.17, 15) is 4.79 Å². The van der Waals surface area contributed by atoms with Gasteiger partial charge >= 0.3 is 5.97 Å². The smallest absolute Gasteiger partial charge is 0.337 e. The highest BCUT2D eigenvalue weighted by Gasteiger charge is 2.13. The van der Waals surface area contributed by atoms with Crippen LogP contribution in [-0.2, 0) is 27.2 Å². The van der Waals surface area contributed by atoms with Crippen molar-refractivity contribution in [2.24, 2.45) is 5.92 Å². The van der Waals surface area contributed by atoms with E-state index in [2.05, 4.69) is 55.1 Å². The van der Waals surface area contributed by atoms with E-state index in [1.807, 2.05) is 30.3 Å². The van der Waals surface area contributed by atoms with Gasteiger partial charge in [-0.05, 0) is 59.6 Å². The first-order chi connectivity index (χ1) is 17.1. The molecule has 1 unspecified atom stereocenters. The Morgan fingerprint density at radius 2 is 1.57 bits per heavy atom. The Labute approximate surface area is 209 Å². The lowest BCUT2D eigenvalue weighted by atomic mass is 9.93. The summed E-state index contributed by atoms with van der Waals surface area (Å²) in [5.41, 5.74) is 5.36. The Hall–Kier alpha value is -3.37. The van der Waals surface area contributed by atoms with Gasteiger partial charge in [-0.1, -0.05) is 79.7 Å². The topological polar surface area (TPSA) is 44.8 Å². The van der Waals surface area contributed by atoms with Gasteiger partial charge in [0, 0.05) is 6.42 Å². The molecule has 0 fully saturated rings. The van der Waals surface area contributed by atoms with Crippen molar-refractivity contribution in [3.63, 3.8) is 0 Å². The third-order valence-corrected chi connectivity index (χ3v) is 6.22. The molecule has 0 aliphatic carbocycles. The lowest BCUT2D eigenvalue weighted by molar-refractivity contribution is 0.0600. The number of methoxy groups -OCH3 is 2. The van der Waals surface area contributed by atoms with E-state index < -0.39 is 0 Å². The normalized spacial score (nSPS) is 11.6. The largest absolute Gasteiger partial charge is 0.502 e. The maximum absolute atomic E-state index is 11.7. The van der Waals surface area contributed by atoms with E-state index >= 15 is 0 Å². The Balaban J connectivity index is 1.62. The third-order valence-electron chi connectivity index (χ3n) is 6.22. The molecule has 0 aliphatic rings. The van der Waals surface area contributed by atoms with E-state index in [4.69, 9.17) is 14.2 Å². The summed E-state index contributed by atoms with van der Waals surface area (Å²) in [6, 6.07) is 26.5. The van der Waals surface area contributed by atoms with Crippen LogP contribution in [0.3, 0.4) is 0 Å². The number of carbonyl (C=O) groups is 1. The van der Waals surface area contributed by atoms with Gasteiger partial charge in [0.2, 0.25) is 0 Å². The quantitative estimate of drug-likeness (QED) is 0.141. The highest BCUT2D eigenvalue weighted by Crippen LogP contribution is 2.25. The molecular weight excluding hydrogens is 436 g/mol. The first kappa shape index (κ1) is 26.2. The fourth-order valence-corrected chi connectivity index (χ4v) is 4.21. The van der Waals surface area contributed by atoms with Crippen molar-refractivity contribution in [2.75, 3.05) is 20.8 Å². The Bertz CT molecular complexity index is 1060. The maximum Gasteiger partial charge on any atom is 0.337 e. The van der Waals surface area contributed by atoms with Crippen LogP contribution in [0.2, 0.25) is 0 Å². The van der Waals surface area contributed by atoms with E-state index in [0.29, 0.717) is 24.7 Å². The predicted molar refractivity (Wildman–Crippen MR) is 141 cm³/mol. The number of allylic oxidation sites excluding steroid dienone is 1. The van der Waals surface area contributed by atoms with E-state index in [0.717, 1.165) is 37.9 Å². The predicted octanol–water partition coefficient (Wildman–Crippen LogP) is 7.24. The van der Waals surface area contributed by atoms with Crippen molar-refractivity contribution in [3.05, 3.63) is 108 Å². The first-order valence-electron chi connectivity index (χ1n) is 12.2. The second-order valence-electron chi connectivity index (χ2n) is 8.79. The summed E-state index contributed by atoms with van der Waals surface area (Å²) in [4.78, 5) is 11.7. The van der Waals surface area contributed by atoms with Gasteiger partial charge in [-0.25, -0.2) is 4.79 Å². The van der Waals surface area contributed by atoms with Crippen molar-refractivity contribution in [1.82, 2.24) is 0 Å². The molecular formula is C31H36O4. The van der Waals surface area contributed by atoms with Crippen LogP contribution in [-0.4, -0.2) is 26.8 Å². The van der Waals surface area contributed by atoms with Crippen LogP contribution >= 0.6 is 0 Å². The van der Waals surface area contributed by atoms with Crippen LogP contribution < -0.4 is 0 Å². The summed E-state index contributed by atoms with van der Waals surface area (Å²) < 4.78 is 16.3. The number of benzene rings is 3. The Morgan fingerprint density at radius 1 is 0.857 bits per heavy atom. The Morgan fingerprint density at radius 3 is 2.29 bits per heavy atom. The number of carbonyl (C=O) groups excluding carboxylic acids is 1. The second kappa shape index (κ2) is 14.1. The van der Waals surface area contributed by atoms with Crippen molar-refractivity contribution in [1.29, 1.82) is 0 Å². The van der Waals surface area contributed by atoms with Gasteiger partial charge in [-0.15, -0.1) is 0 Å². The molecule has 3 aromatic carbocycles. The molecule has 0 aliphatic heterocycles. The average molecular weight is 473 g/mol. The van der Waals surface area contributed by atoms with Crippen molar-refractivity contribution >= 4 is 5.97 Å². The highest BCUT2D eigenvalue weighted by atomic mass is 16.5. The lowest BCUT2D eigenvalue weighted by Crippen LogP contribution is -2.13. The van der Waals surface area contributed by atoms with Gasteiger partial charge < -0.3 is 14.2 Å². The first-order valence-corrected chi connectivity index (χ1v) is 12.2. The summed E-state index contributed by atoms with van der Waals surface area (Å²) in [6.07, 6.45) is 4.95. The summed E-state index contributed by atoms with van der Waals surface area (Å²) in [5, 5.41) is 0. The molecule has 4 nitrogen and oxygen atoms in total. The zero-order valence-electron chi connectivity index (χ0n) is 20.9. The molecule has 35 heavy (non-hydrogen) atoms. The van der Waals surface area contributed by atoms with Crippen LogP contribution in [0.5, 0.6) is 0 Å². The van der Waals surface area contributed by atoms with Crippen LogP contribution in [0.15, 0.2) is 91.2 Å². The minimum atomic E-state index is -0.313. The number of ether oxygens (including phenoxy) is 3. The second-order valence-corrected chi connectivity index (χ2v) is 8.79. The van der Waals surface area contributed by atoms with Crippen LogP contribution in [0.4, 0.5) is 0 Å². The van der Waals surface area contributed by atoms with Gasteiger partial charge in [-0.2, -0.15) is 0 Å².